The van der Waals surface area contributed by atoms with E-state index in [4.69, 9.17) is 4.74 Å². The maximum absolute atomic E-state index is 12.5. The molecule has 2 saturated heterocycles. The van der Waals surface area contributed by atoms with Crippen LogP contribution in [0, 0.1) is 5.92 Å². The van der Waals surface area contributed by atoms with Gasteiger partial charge in [-0.2, -0.15) is 0 Å². The van der Waals surface area contributed by atoms with Crippen LogP contribution >= 0.6 is 0 Å². The Balaban J connectivity index is 2.10. The van der Waals surface area contributed by atoms with Gasteiger partial charge in [-0.05, 0) is 25.2 Å². The second-order valence-corrected chi connectivity index (χ2v) is 5.81. The molecule has 0 aromatic heterocycles. The van der Waals surface area contributed by atoms with E-state index in [-0.39, 0.29) is 24.2 Å². The van der Waals surface area contributed by atoms with Gasteiger partial charge >= 0.3 is 0 Å². The van der Waals surface area contributed by atoms with Gasteiger partial charge < -0.3 is 9.64 Å². The lowest BCUT2D eigenvalue weighted by molar-refractivity contribution is -0.135. The minimum Gasteiger partial charge on any atom is -0.379 e. The SMILES string of the molecule is CCCC1NC(C(C)C)C(=O)N1C1CCCOC1. The van der Waals surface area contributed by atoms with Gasteiger partial charge in [-0.3, -0.25) is 10.1 Å². The Bertz CT molecular complexity index is 288. The highest BCUT2D eigenvalue weighted by atomic mass is 16.5. The molecule has 2 heterocycles. The summed E-state index contributed by atoms with van der Waals surface area (Å²) in [5.74, 6) is 0.630. The number of hydrogen-bond acceptors (Lipinski definition) is 3. The molecule has 2 aliphatic rings. The first-order valence-electron chi connectivity index (χ1n) is 7.31. The van der Waals surface area contributed by atoms with E-state index in [0.717, 1.165) is 32.3 Å². The predicted molar refractivity (Wildman–Crippen MR) is 71.1 cm³/mol. The van der Waals surface area contributed by atoms with Crippen LogP contribution in [0.3, 0.4) is 0 Å². The van der Waals surface area contributed by atoms with Gasteiger partial charge in [0.2, 0.25) is 5.91 Å². The summed E-state index contributed by atoms with van der Waals surface area (Å²) in [5, 5.41) is 3.51. The van der Waals surface area contributed by atoms with Crippen LogP contribution in [0.5, 0.6) is 0 Å². The van der Waals surface area contributed by atoms with Crippen LogP contribution in [-0.4, -0.2) is 42.3 Å². The Kier molecular flexibility index (Phi) is 4.62. The standard InChI is InChI=1S/C14H26N2O2/c1-4-6-12-15-13(10(2)3)14(17)16(12)11-7-5-8-18-9-11/h10-13,15H,4-9H2,1-3H3. The monoisotopic (exact) mass is 254 g/mol. The molecule has 0 bridgehead atoms. The van der Waals surface area contributed by atoms with E-state index in [1.165, 1.54) is 0 Å². The first-order valence-corrected chi connectivity index (χ1v) is 7.31. The smallest absolute Gasteiger partial charge is 0.241 e. The largest absolute Gasteiger partial charge is 0.379 e. The normalized spacial score (nSPS) is 33.4. The molecule has 0 saturated carbocycles. The van der Waals surface area contributed by atoms with Gasteiger partial charge in [-0.25, -0.2) is 0 Å². The highest BCUT2D eigenvalue weighted by Crippen LogP contribution is 2.25. The second kappa shape index (κ2) is 6.02. The fourth-order valence-electron chi connectivity index (χ4n) is 3.02. The molecule has 1 N–H and O–H groups in total. The number of carbonyl (C=O) groups excluding carboxylic acids is 1. The minimum atomic E-state index is -0.0107. The molecule has 0 radical (unpaired) electrons. The van der Waals surface area contributed by atoms with Gasteiger partial charge in [0.15, 0.2) is 0 Å². The van der Waals surface area contributed by atoms with Crippen LogP contribution in [0.1, 0.15) is 46.5 Å². The summed E-state index contributed by atoms with van der Waals surface area (Å²) < 4.78 is 5.54. The van der Waals surface area contributed by atoms with Crippen LogP contribution in [0.15, 0.2) is 0 Å². The summed E-state index contributed by atoms with van der Waals surface area (Å²) in [7, 11) is 0. The summed E-state index contributed by atoms with van der Waals surface area (Å²) in [6, 6.07) is 0.266. The Labute approximate surface area is 110 Å². The van der Waals surface area contributed by atoms with E-state index >= 15 is 0 Å². The summed E-state index contributed by atoms with van der Waals surface area (Å²) in [6.45, 7) is 7.94. The van der Waals surface area contributed by atoms with Crippen molar-refractivity contribution in [2.75, 3.05) is 13.2 Å². The minimum absolute atomic E-state index is 0.0107. The fraction of sp³-hybridized carbons (Fsp3) is 0.929. The molecule has 104 valence electrons. The maximum Gasteiger partial charge on any atom is 0.241 e. The zero-order valence-corrected chi connectivity index (χ0v) is 11.8. The zero-order valence-electron chi connectivity index (χ0n) is 11.8. The lowest BCUT2D eigenvalue weighted by Crippen LogP contribution is -2.48. The molecule has 0 spiro atoms. The number of amides is 1. The van der Waals surface area contributed by atoms with Crippen molar-refractivity contribution in [2.45, 2.75) is 64.7 Å². The molecule has 4 heteroatoms. The van der Waals surface area contributed by atoms with E-state index in [9.17, 15) is 4.79 Å². The quantitative estimate of drug-likeness (QED) is 0.831. The topological polar surface area (TPSA) is 41.6 Å². The summed E-state index contributed by atoms with van der Waals surface area (Å²) in [5.41, 5.74) is 0. The van der Waals surface area contributed by atoms with Crippen LogP contribution in [0.25, 0.3) is 0 Å². The Morgan fingerprint density at radius 3 is 2.83 bits per heavy atom. The number of rotatable bonds is 4. The highest BCUT2D eigenvalue weighted by molar-refractivity contribution is 5.85. The van der Waals surface area contributed by atoms with E-state index in [2.05, 4.69) is 31.0 Å². The molecular formula is C14H26N2O2. The lowest BCUT2D eigenvalue weighted by atomic mass is 10.0. The van der Waals surface area contributed by atoms with Gasteiger partial charge in [-0.15, -0.1) is 0 Å². The van der Waals surface area contributed by atoms with Crippen molar-refractivity contribution in [3.05, 3.63) is 0 Å². The first kappa shape index (κ1) is 13.8. The molecule has 2 fully saturated rings. The molecule has 3 unspecified atom stereocenters. The average molecular weight is 254 g/mol. The van der Waals surface area contributed by atoms with Crippen LogP contribution in [-0.2, 0) is 9.53 Å². The van der Waals surface area contributed by atoms with E-state index in [1.54, 1.807) is 0 Å². The van der Waals surface area contributed by atoms with Crippen LogP contribution in [0.4, 0.5) is 0 Å². The summed E-state index contributed by atoms with van der Waals surface area (Å²) in [6.07, 6.45) is 4.49. The average Bonchev–Trinajstić information content (AvgIpc) is 2.68. The number of hydrogen-bond donors (Lipinski definition) is 1. The van der Waals surface area contributed by atoms with Crippen molar-refractivity contribution in [2.24, 2.45) is 5.92 Å². The molecule has 18 heavy (non-hydrogen) atoms. The van der Waals surface area contributed by atoms with Crippen LogP contribution < -0.4 is 5.32 Å². The third-order valence-electron chi connectivity index (χ3n) is 3.99. The Hall–Kier alpha value is -0.610. The van der Waals surface area contributed by atoms with Crippen molar-refractivity contribution in [3.8, 4) is 0 Å². The van der Waals surface area contributed by atoms with Crippen molar-refractivity contribution in [3.63, 3.8) is 0 Å². The number of carbonyl (C=O) groups is 1. The molecule has 0 aromatic rings. The highest BCUT2D eigenvalue weighted by Gasteiger charge is 2.43. The van der Waals surface area contributed by atoms with Crippen molar-refractivity contribution < 1.29 is 9.53 Å². The molecule has 3 atom stereocenters. The predicted octanol–water partition coefficient (Wildman–Crippen LogP) is 1.75. The van der Waals surface area contributed by atoms with E-state index in [1.807, 2.05) is 0 Å². The second-order valence-electron chi connectivity index (χ2n) is 5.81. The molecule has 2 rings (SSSR count). The number of nitrogens with zero attached hydrogens (tertiary/aromatic N) is 1. The third-order valence-corrected chi connectivity index (χ3v) is 3.99. The van der Waals surface area contributed by atoms with Crippen molar-refractivity contribution >= 4 is 5.91 Å². The molecule has 4 nitrogen and oxygen atoms in total. The van der Waals surface area contributed by atoms with Crippen LogP contribution in [0.2, 0.25) is 0 Å². The third kappa shape index (κ3) is 2.69. The van der Waals surface area contributed by atoms with Gasteiger partial charge in [0.1, 0.15) is 0 Å². The maximum atomic E-state index is 12.5. The molecule has 1 amide bonds. The Morgan fingerprint density at radius 2 is 2.28 bits per heavy atom. The molecule has 2 aliphatic heterocycles. The zero-order chi connectivity index (χ0) is 13.1. The fourth-order valence-corrected chi connectivity index (χ4v) is 3.02. The van der Waals surface area contributed by atoms with Gasteiger partial charge in [0, 0.05) is 6.61 Å². The first-order chi connectivity index (χ1) is 8.65. The van der Waals surface area contributed by atoms with Crippen molar-refractivity contribution in [1.29, 1.82) is 0 Å². The van der Waals surface area contributed by atoms with E-state index < -0.39 is 0 Å². The molecule has 0 aromatic carbocycles. The van der Waals surface area contributed by atoms with Gasteiger partial charge in [0.05, 0.1) is 24.9 Å². The van der Waals surface area contributed by atoms with Gasteiger partial charge in [-0.1, -0.05) is 27.2 Å². The Morgan fingerprint density at radius 1 is 1.50 bits per heavy atom. The number of nitrogens with one attached hydrogen (secondary N) is 1. The lowest BCUT2D eigenvalue weighted by Gasteiger charge is -2.35. The van der Waals surface area contributed by atoms with Gasteiger partial charge in [0.25, 0.3) is 0 Å². The molecular weight excluding hydrogens is 228 g/mol. The number of ether oxygens (including phenoxy) is 1. The molecule has 0 aliphatic carbocycles. The van der Waals surface area contributed by atoms with Crippen molar-refractivity contribution in [1.82, 2.24) is 10.2 Å². The van der Waals surface area contributed by atoms with E-state index in [0.29, 0.717) is 12.5 Å². The summed E-state index contributed by atoms with van der Waals surface area (Å²) >= 11 is 0. The summed E-state index contributed by atoms with van der Waals surface area (Å²) in [4.78, 5) is 14.6.